The highest BCUT2D eigenvalue weighted by Gasteiger charge is 2.16. The van der Waals surface area contributed by atoms with Gasteiger partial charge in [0.1, 0.15) is 0 Å². The van der Waals surface area contributed by atoms with Gasteiger partial charge in [0.15, 0.2) is 0 Å². The Hall–Kier alpha value is -1.94. The van der Waals surface area contributed by atoms with E-state index in [0.29, 0.717) is 13.0 Å². The SMILES string of the molecule is CCOC(=O)Cc1ccc2c(c1)Nc1ccccc1S2. The summed E-state index contributed by atoms with van der Waals surface area (Å²) in [6, 6.07) is 14.3. The molecule has 1 aliphatic heterocycles. The minimum Gasteiger partial charge on any atom is -0.466 e. The van der Waals surface area contributed by atoms with E-state index in [0.717, 1.165) is 16.9 Å². The van der Waals surface area contributed by atoms with Crippen molar-refractivity contribution in [3.8, 4) is 0 Å². The van der Waals surface area contributed by atoms with Crippen LogP contribution >= 0.6 is 11.8 Å². The maximum absolute atomic E-state index is 11.5. The summed E-state index contributed by atoms with van der Waals surface area (Å²) >= 11 is 1.74. The zero-order valence-electron chi connectivity index (χ0n) is 11.2. The van der Waals surface area contributed by atoms with Gasteiger partial charge in [-0.05, 0) is 36.8 Å². The van der Waals surface area contributed by atoms with E-state index in [1.54, 1.807) is 11.8 Å². The maximum atomic E-state index is 11.5. The molecule has 0 fully saturated rings. The molecular weight excluding hydrogens is 270 g/mol. The van der Waals surface area contributed by atoms with E-state index in [1.807, 2.05) is 31.2 Å². The van der Waals surface area contributed by atoms with Crippen LogP contribution in [-0.4, -0.2) is 12.6 Å². The van der Waals surface area contributed by atoms with Crippen molar-refractivity contribution in [1.82, 2.24) is 0 Å². The normalized spacial score (nSPS) is 12.1. The average Bonchev–Trinajstić information content (AvgIpc) is 2.45. The lowest BCUT2D eigenvalue weighted by atomic mass is 10.1. The Morgan fingerprint density at radius 1 is 1.15 bits per heavy atom. The van der Waals surface area contributed by atoms with E-state index >= 15 is 0 Å². The molecule has 0 radical (unpaired) electrons. The number of ether oxygens (including phenoxy) is 1. The third kappa shape index (κ3) is 2.65. The molecule has 0 saturated carbocycles. The Bertz CT molecular complexity index is 655. The molecular formula is C16H15NO2S. The van der Waals surface area contributed by atoms with Gasteiger partial charge in [0.05, 0.1) is 24.4 Å². The van der Waals surface area contributed by atoms with Gasteiger partial charge in [0.25, 0.3) is 0 Å². The number of anilines is 2. The van der Waals surface area contributed by atoms with Crippen molar-refractivity contribution < 1.29 is 9.53 Å². The van der Waals surface area contributed by atoms with Crippen molar-refractivity contribution in [1.29, 1.82) is 0 Å². The monoisotopic (exact) mass is 285 g/mol. The molecule has 20 heavy (non-hydrogen) atoms. The van der Waals surface area contributed by atoms with E-state index in [9.17, 15) is 4.79 Å². The number of benzene rings is 2. The number of carbonyl (C=O) groups excluding carboxylic acids is 1. The van der Waals surface area contributed by atoms with Crippen LogP contribution in [-0.2, 0) is 16.0 Å². The molecule has 3 rings (SSSR count). The molecule has 0 aliphatic carbocycles. The van der Waals surface area contributed by atoms with E-state index in [-0.39, 0.29) is 5.97 Å². The number of fused-ring (bicyclic) bond motifs is 2. The molecule has 3 nitrogen and oxygen atoms in total. The van der Waals surface area contributed by atoms with Crippen LogP contribution in [0.3, 0.4) is 0 Å². The number of hydrogen-bond donors (Lipinski definition) is 1. The van der Waals surface area contributed by atoms with Crippen LogP contribution in [0.4, 0.5) is 11.4 Å². The van der Waals surface area contributed by atoms with Gasteiger partial charge in [0.2, 0.25) is 0 Å². The van der Waals surface area contributed by atoms with Crippen molar-refractivity contribution in [2.45, 2.75) is 23.1 Å². The van der Waals surface area contributed by atoms with Crippen LogP contribution in [0, 0.1) is 0 Å². The fourth-order valence-corrected chi connectivity index (χ4v) is 3.14. The molecule has 0 aromatic heterocycles. The fraction of sp³-hybridized carbons (Fsp3) is 0.188. The maximum Gasteiger partial charge on any atom is 0.310 e. The quantitative estimate of drug-likeness (QED) is 0.738. The highest BCUT2D eigenvalue weighted by atomic mass is 32.2. The summed E-state index contributed by atoms with van der Waals surface area (Å²) in [7, 11) is 0. The summed E-state index contributed by atoms with van der Waals surface area (Å²) in [6.45, 7) is 2.24. The zero-order valence-corrected chi connectivity index (χ0v) is 12.0. The van der Waals surface area contributed by atoms with E-state index in [2.05, 4.69) is 23.5 Å². The van der Waals surface area contributed by atoms with Crippen molar-refractivity contribution in [2.75, 3.05) is 11.9 Å². The average molecular weight is 285 g/mol. The Morgan fingerprint density at radius 3 is 2.80 bits per heavy atom. The largest absolute Gasteiger partial charge is 0.466 e. The summed E-state index contributed by atoms with van der Waals surface area (Å²) < 4.78 is 4.98. The molecule has 2 aromatic rings. The minimum absolute atomic E-state index is 0.184. The van der Waals surface area contributed by atoms with Crippen molar-refractivity contribution in [3.05, 3.63) is 48.0 Å². The first-order valence-electron chi connectivity index (χ1n) is 6.58. The summed E-state index contributed by atoms with van der Waals surface area (Å²) in [5, 5.41) is 3.41. The van der Waals surface area contributed by atoms with Gasteiger partial charge < -0.3 is 10.1 Å². The second kappa shape index (κ2) is 5.59. The zero-order chi connectivity index (χ0) is 13.9. The van der Waals surface area contributed by atoms with Gasteiger partial charge >= 0.3 is 5.97 Å². The number of esters is 1. The molecule has 0 saturated heterocycles. The molecule has 0 unspecified atom stereocenters. The first kappa shape index (κ1) is 13.1. The summed E-state index contributed by atoms with van der Waals surface area (Å²) in [4.78, 5) is 13.9. The van der Waals surface area contributed by atoms with Crippen LogP contribution in [0.2, 0.25) is 0 Å². The Kier molecular flexibility index (Phi) is 3.65. The molecule has 102 valence electrons. The van der Waals surface area contributed by atoms with Gasteiger partial charge in [-0.3, -0.25) is 4.79 Å². The molecule has 2 aromatic carbocycles. The van der Waals surface area contributed by atoms with Gasteiger partial charge in [-0.25, -0.2) is 0 Å². The summed E-state index contributed by atoms with van der Waals surface area (Å²) in [6.07, 6.45) is 0.315. The van der Waals surface area contributed by atoms with Crippen LogP contribution < -0.4 is 5.32 Å². The number of carbonyl (C=O) groups is 1. The second-order valence-electron chi connectivity index (χ2n) is 4.54. The lowest BCUT2D eigenvalue weighted by Gasteiger charge is -2.21. The fourth-order valence-electron chi connectivity index (χ4n) is 2.17. The molecule has 0 spiro atoms. The Labute approximate surface area is 122 Å². The van der Waals surface area contributed by atoms with Gasteiger partial charge in [-0.2, -0.15) is 0 Å². The highest BCUT2D eigenvalue weighted by Crippen LogP contribution is 2.44. The summed E-state index contributed by atoms with van der Waals surface area (Å²) in [5.74, 6) is -0.184. The van der Waals surface area contributed by atoms with Crippen LogP contribution in [0.25, 0.3) is 0 Å². The minimum atomic E-state index is -0.184. The number of nitrogens with one attached hydrogen (secondary N) is 1. The topological polar surface area (TPSA) is 38.3 Å². The third-order valence-corrected chi connectivity index (χ3v) is 4.23. The van der Waals surface area contributed by atoms with E-state index in [4.69, 9.17) is 4.74 Å². The van der Waals surface area contributed by atoms with Gasteiger partial charge in [0, 0.05) is 9.79 Å². The smallest absolute Gasteiger partial charge is 0.310 e. The summed E-state index contributed by atoms with van der Waals surface area (Å²) in [5.41, 5.74) is 3.13. The number of rotatable bonds is 3. The standard InChI is InChI=1S/C16H15NO2S/c1-2-19-16(18)10-11-7-8-15-13(9-11)17-12-5-3-4-6-14(12)20-15/h3-9,17H,2,10H2,1H3. The number of hydrogen-bond acceptors (Lipinski definition) is 4. The van der Waals surface area contributed by atoms with Crippen LogP contribution in [0.1, 0.15) is 12.5 Å². The Balaban J connectivity index is 1.83. The van der Waals surface area contributed by atoms with Crippen LogP contribution in [0.5, 0.6) is 0 Å². The third-order valence-electron chi connectivity index (χ3n) is 3.07. The predicted molar refractivity (Wildman–Crippen MR) is 80.6 cm³/mol. The first-order valence-corrected chi connectivity index (χ1v) is 7.40. The Morgan fingerprint density at radius 2 is 1.95 bits per heavy atom. The number of para-hydroxylation sites is 1. The van der Waals surface area contributed by atoms with Gasteiger partial charge in [-0.1, -0.05) is 30.0 Å². The molecule has 0 atom stereocenters. The lowest BCUT2D eigenvalue weighted by Crippen LogP contribution is -2.08. The molecule has 4 heteroatoms. The highest BCUT2D eigenvalue weighted by molar-refractivity contribution is 7.99. The first-order chi connectivity index (χ1) is 9.76. The van der Waals surface area contributed by atoms with Gasteiger partial charge in [-0.15, -0.1) is 0 Å². The second-order valence-corrected chi connectivity index (χ2v) is 5.62. The van der Waals surface area contributed by atoms with E-state index < -0.39 is 0 Å². The molecule has 1 aliphatic rings. The van der Waals surface area contributed by atoms with Crippen molar-refractivity contribution in [2.24, 2.45) is 0 Å². The van der Waals surface area contributed by atoms with Crippen molar-refractivity contribution in [3.63, 3.8) is 0 Å². The predicted octanol–water partition coefficient (Wildman–Crippen LogP) is 4.00. The van der Waals surface area contributed by atoms with Crippen LogP contribution in [0.15, 0.2) is 52.3 Å². The molecule has 1 heterocycles. The molecule has 1 N–H and O–H groups in total. The molecule has 0 bridgehead atoms. The van der Waals surface area contributed by atoms with Crippen molar-refractivity contribution >= 4 is 29.1 Å². The lowest BCUT2D eigenvalue weighted by molar-refractivity contribution is -0.142. The van der Waals surface area contributed by atoms with E-state index in [1.165, 1.54) is 9.79 Å². The molecule has 0 amide bonds.